The van der Waals surface area contributed by atoms with E-state index in [0.29, 0.717) is 22.7 Å². The average Bonchev–Trinajstić information content (AvgIpc) is 3.19. The van der Waals surface area contributed by atoms with E-state index in [1.807, 2.05) is 12.1 Å². The van der Waals surface area contributed by atoms with Crippen LogP contribution in [0, 0.1) is 58.2 Å². The molecule has 10 atom stereocenters. The van der Waals surface area contributed by atoms with Gasteiger partial charge in [0.25, 0.3) is 0 Å². The molecule has 1 aromatic carbocycles. The first-order valence-electron chi connectivity index (χ1n) is 15.6. The Labute approximate surface area is 227 Å². The van der Waals surface area contributed by atoms with Gasteiger partial charge in [0.1, 0.15) is 0 Å². The fourth-order valence-electron chi connectivity index (χ4n) is 10.7. The highest BCUT2D eigenvalue weighted by atomic mass is 35.5. The zero-order valence-electron chi connectivity index (χ0n) is 23.8. The molecule has 0 bridgehead atoms. The molecule has 5 rings (SSSR count). The summed E-state index contributed by atoms with van der Waals surface area (Å²) >= 11 is 6.17. The number of benzene rings is 1. The van der Waals surface area contributed by atoms with Gasteiger partial charge in [-0.05, 0) is 134 Å². The van der Waals surface area contributed by atoms with E-state index in [1.165, 1.54) is 69.8 Å². The lowest BCUT2D eigenvalue weighted by molar-refractivity contribution is -0.152. The van der Waals surface area contributed by atoms with E-state index in [2.05, 4.69) is 46.8 Å². The van der Waals surface area contributed by atoms with Crippen molar-refractivity contribution in [3.8, 4) is 0 Å². The van der Waals surface area contributed by atoms with Crippen LogP contribution in [0.3, 0.4) is 0 Å². The molecule has 4 aliphatic carbocycles. The van der Waals surface area contributed by atoms with Gasteiger partial charge in [-0.15, -0.1) is 0 Å². The molecule has 4 fully saturated rings. The largest absolute Gasteiger partial charge is 0.393 e. The van der Waals surface area contributed by atoms with E-state index >= 15 is 0 Å². The Hall–Kier alpha value is -0.530. The number of aliphatic hydroxyl groups excluding tert-OH is 1. The smallest absolute Gasteiger partial charge is 0.0574 e. The summed E-state index contributed by atoms with van der Waals surface area (Å²) in [5.74, 6) is 6.45. The minimum absolute atomic E-state index is 0.147. The number of hydrogen-bond acceptors (Lipinski definition) is 1. The Morgan fingerprint density at radius 3 is 2.22 bits per heavy atom. The van der Waals surface area contributed by atoms with Crippen LogP contribution >= 0.6 is 11.6 Å². The average molecular weight is 513 g/mol. The summed E-state index contributed by atoms with van der Waals surface area (Å²) in [6.45, 7) is 12.7. The highest BCUT2D eigenvalue weighted by molar-refractivity contribution is 6.30. The Morgan fingerprint density at radius 1 is 0.833 bits per heavy atom. The first kappa shape index (κ1) is 27.1. The Balaban J connectivity index is 1.31. The van der Waals surface area contributed by atoms with Crippen molar-refractivity contribution in [1.29, 1.82) is 0 Å². The van der Waals surface area contributed by atoms with Gasteiger partial charge in [-0.2, -0.15) is 0 Å². The topological polar surface area (TPSA) is 20.2 Å². The predicted octanol–water partition coefficient (Wildman–Crippen LogP) is 9.59. The van der Waals surface area contributed by atoms with Gasteiger partial charge in [0.15, 0.2) is 0 Å². The SMILES string of the molecule is CC(C)CCC[C@@H](C)[C@H]1CC[C@H]2[C@@H]3CCC4[C@H](Cc5ccc(Cl)cc5)[C@H](O)CC[C@]4(C)[C@H]3CC[C@]12C. The molecule has 1 aromatic rings. The fraction of sp³-hybridized carbons (Fsp3) is 0.824. The third-order valence-corrected chi connectivity index (χ3v) is 12.8. The molecule has 1 unspecified atom stereocenters. The minimum atomic E-state index is -0.147. The summed E-state index contributed by atoms with van der Waals surface area (Å²) in [6, 6.07) is 8.40. The second-order valence-corrected chi connectivity index (χ2v) is 15.1. The molecule has 4 saturated carbocycles. The molecule has 0 spiro atoms. The summed E-state index contributed by atoms with van der Waals surface area (Å²) in [6.07, 6.45) is 15.9. The Kier molecular flexibility index (Phi) is 7.94. The summed E-state index contributed by atoms with van der Waals surface area (Å²) in [4.78, 5) is 0. The molecule has 36 heavy (non-hydrogen) atoms. The van der Waals surface area contributed by atoms with Gasteiger partial charge < -0.3 is 5.11 Å². The van der Waals surface area contributed by atoms with Crippen LogP contribution in [-0.4, -0.2) is 11.2 Å². The summed E-state index contributed by atoms with van der Waals surface area (Å²) in [5, 5.41) is 12.0. The summed E-state index contributed by atoms with van der Waals surface area (Å²) < 4.78 is 0. The summed E-state index contributed by atoms with van der Waals surface area (Å²) in [5.41, 5.74) is 2.32. The van der Waals surface area contributed by atoms with E-state index in [9.17, 15) is 5.11 Å². The quantitative estimate of drug-likeness (QED) is 0.385. The maximum Gasteiger partial charge on any atom is 0.0574 e. The number of aliphatic hydroxyl groups is 1. The lowest BCUT2D eigenvalue weighted by Gasteiger charge is -2.63. The van der Waals surface area contributed by atoms with Gasteiger partial charge in [-0.3, -0.25) is 0 Å². The second-order valence-electron chi connectivity index (χ2n) is 14.7. The van der Waals surface area contributed by atoms with Gasteiger partial charge in [0, 0.05) is 5.02 Å². The van der Waals surface area contributed by atoms with Crippen LogP contribution < -0.4 is 0 Å². The molecular weight excluding hydrogens is 460 g/mol. The fourth-order valence-corrected chi connectivity index (χ4v) is 10.8. The third-order valence-electron chi connectivity index (χ3n) is 12.5. The van der Waals surface area contributed by atoms with Crippen LogP contribution in [0.25, 0.3) is 0 Å². The first-order chi connectivity index (χ1) is 17.1. The zero-order valence-corrected chi connectivity index (χ0v) is 24.6. The lowest BCUT2D eigenvalue weighted by Crippen LogP contribution is -2.57. The first-order valence-corrected chi connectivity index (χ1v) is 15.9. The normalized spacial score (nSPS) is 43.1. The van der Waals surface area contributed by atoms with Gasteiger partial charge in [0.2, 0.25) is 0 Å². The Morgan fingerprint density at radius 2 is 1.50 bits per heavy atom. The molecule has 1 N–H and O–H groups in total. The highest BCUT2D eigenvalue weighted by Gasteiger charge is 2.61. The molecule has 0 aromatic heterocycles. The van der Waals surface area contributed by atoms with Crippen LogP contribution in [0.4, 0.5) is 0 Å². The van der Waals surface area contributed by atoms with Gasteiger partial charge in [-0.1, -0.05) is 77.6 Å². The minimum Gasteiger partial charge on any atom is -0.393 e. The number of halogens is 1. The van der Waals surface area contributed by atoms with Crippen LogP contribution in [0.1, 0.15) is 111 Å². The standard InChI is InChI=1S/C34H53ClO/c1-22(2)7-6-8-23(3)28-15-16-29-26-13-14-30-27(21-24-9-11-25(35)12-10-24)32(36)18-20-34(30,5)31(26)17-19-33(28,29)4/h9-12,22-23,26-32,36H,6-8,13-21H2,1-5H3/t23-,26+,27+,28-,29+,30?,31+,32-,33-,34+/m1/s1. The van der Waals surface area contributed by atoms with Gasteiger partial charge >= 0.3 is 0 Å². The second kappa shape index (κ2) is 10.6. The molecule has 0 heterocycles. The van der Waals surface area contributed by atoms with E-state index in [4.69, 9.17) is 11.6 Å². The van der Waals surface area contributed by atoms with Crippen molar-refractivity contribution in [1.82, 2.24) is 0 Å². The van der Waals surface area contributed by atoms with Crippen LogP contribution in [-0.2, 0) is 6.42 Å². The molecule has 4 aliphatic rings. The molecule has 0 aliphatic heterocycles. The molecule has 2 heteroatoms. The van der Waals surface area contributed by atoms with Crippen molar-refractivity contribution in [3.05, 3.63) is 34.9 Å². The van der Waals surface area contributed by atoms with Crippen molar-refractivity contribution >= 4 is 11.6 Å². The van der Waals surface area contributed by atoms with E-state index in [0.717, 1.165) is 53.4 Å². The van der Waals surface area contributed by atoms with Crippen molar-refractivity contribution in [2.24, 2.45) is 58.2 Å². The van der Waals surface area contributed by atoms with E-state index < -0.39 is 0 Å². The summed E-state index contributed by atoms with van der Waals surface area (Å²) in [7, 11) is 0. The molecule has 0 radical (unpaired) electrons. The number of fused-ring (bicyclic) bond motifs is 5. The third kappa shape index (κ3) is 4.83. The maximum absolute atomic E-state index is 11.2. The monoisotopic (exact) mass is 512 g/mol. The van der Waals surface area contributed by atoms with Crippen LogP contribution in [0.15, 0.2) is 24.3 Å². The lowest BCUT2D eigenvalue weighted by atomic mass is 9.42. The van der Waals surface area contributed by atoms with Crippen molar-refractivity contribution in [2.75, 3.05) is 0 Å². The van der Waals surface area contributed by atoms with E-state index in [1.54, 1.807) is 0 Å². The van der Waals surface area contributed by atoms with Crippen LogP contribution in [0.2, 0.25) is 5.02 Å². The zero-order chi connectivity index (χ0) is 25.7. The van der Waals surface area contributed by atoms with E-state index in [-0.39, 0.29) is 6.10 Å². The number of rotatable bonds is 7. The molecule has 202 valence electrons. The predicted molar refractivity (Wildman–Crippen MR) is 153 cm³/mol. The van der Waals surface area contributed by atoms with Crippen LogP contribution in [0.5, 0.6) is 0 Å². The highest BCUT2D eigenvalue weighted by Crippen LogP contribution is 2.69. The molecule has 0 amide bonds. The Bertz CT molecular complexity index is 878. The van der Waals surface area contributed by atoms with Gasteiger partial charge in [-0.25, -0.2) is 0 Å². The molecule has 1 nitrogen and oxygen atoms in total. The molecular formula is C34H53ClO. The van der Waals surface area contributed by atoms with Gasteiger partial charge in [0.05, 0.1) is 6.10 Å². The number of hydrogen-bond donors (Lipinski definition) is 1. The van der Waals surface area contributed by atoms with Crippen molar-refractivity contribution in [3.63, 3.8) is 0 Å². The molecule has 0 saturated heterocycles. The van der Waals surface area contributed by atoms with Crippen molar-refractivity contribution in [2.45, 2.75) is 118 Å². The van der Waals surface area contributed by atoms with Crippen molar-refractivity contribution < 1.29 is 5.11 Å². The maximum atomic E-state index is 11.2.